The average molecular weight is 426 g/mol. The highest BCUT2D eigenvalue weighted by atomic mass is 32.2. The number of thiazole rings is 1. The van der Waals surface area contributed by atoms with E-state index in [1.165, 1.54) is 10.6 Å². The number of carbonyl (C=O) groups excluding carboxylic acids is 1. The summed E-state index contributed by atoms with van der Waals surface area (Å²) in [6.07, 6.45) is 1.87. The lowest BCUT2D eigenvalue weighted by Gasteiger charge is -2.21. The first-order chi connectivity index (χ1) is 12.8. The molecule has 3 rings (SSSR count). The van der Waals surface area contributed by atoms with Gasteiger partial charge >= 0.3 is 0 Å². The van der Waals surface area contributed by atoms with Crippen LogP contribution < -0.4 is 0 Å². The zero-order valence-corrected chi connectivity index (χ0v) is 17.9. The normalized spacial score (nSPS) is 16.3. The molecule has 2 aromatic rings. The van der Waals surface area contributed by atoms with E-state index in [0.717, 1.165) is 21.3 Å². The van der Waals surface area contributed by atoms with Crippen molar-refractivity contribution in [3.8, 4) is 0 Å². The van der Waals surface area contributed by atoms with Gasteiger partial charge < -0.3 is 4.90 Å². The first-order valence-corrected chi connectivity index (χ1v) is 12.4. The maximum atomic E-state index is 12.7. The van der Waals surface area contributed by atoms with Crippen LogP contribution in [0.2, 0.25) is 0 Å². The number of aromatic nitrogens is 1. The molecule has 2 heterocycles. The first-order valence-electron chi connectivity index (χ1n) is 8.71. The van der Waals surface area contributed by atoms with Gasteiger partial charge in [-0.1, -0.05) is 0 Å². The summed E-state index contributed by atoms with van der Waals surface area (Å²) in [5.74, 6) is 0.766. The minimum Gasteiger partial charge on any atom is -0.337 e. The summed E-state index contributed by atoms with van der Waals surface area (Å²) in [7, 11) is -3.21. The van der Waals surface area contributed by atoms with Crippen molar-refractivity contribution in [3.63, 3.8) is 0 Å². The van der Waals surface area contributed by atoms with Crippen LogP contribution in [0.15, 0.2) is 34.5 Å². The summed E-state index contributed by atoms with van der Waals surface area (Å²) >= 11 is 3.34. The van der Waals surface area contributed by atoms with Crippen molar-refractivity contribution in [1.29, 1.82) is 0 Å². The van der Waals surface area contributed by atoms with Crippen molar-refractivity contribution in [2.75, 3.05) is 32.4 Å². The van der Waals surface area contributed by atoms with E-state index in [2.05, 4.69) is 10.4 Å². The Labute approximate surface area is 168 Å². The lowest BCUT2D eigenvalue weighted by Crippen LogP contribution is -2.36. The van der Waals surface area contributed by atoms with E-state index in [-0.39, 0.29) is 5.91 Å². The topological polar surface area (TPSA) is 70.6 Å². The van der Waals surface area contributed by atoms with Crippen molar-refractivity contribution in [2.24, 2.45) is 0 Å². The summed E-state index contributed by atoms with van der Waals surface area (Å²) in [4.78, 5) is 20.0. The molecule has 1 fully saturated rings. The quantitative estimate of drug-likeness (QED) is 0.689. The number of benzene rings is 1. The fraction of sp³-hybridized carbons (Fsp3) is 0.444. The molecule has 1 aliphatic rings. The van der Waals surface area contributed by atoms with Crippen molar-refractivity contribution >= 4 is 39.0 Å². The minimum atomic E-state index is -3.21. The number of aryl methyl sites for hydroxylation is 1. The molecular weight excluding hydrogens is 402 g/mol. The standard InChI is InChI=1S/C18H23N3O3S3/c1-14-19-16(12-25-14)13-26-17-6-4-15(5-7-17)18(22)20-8-3-9-21(11-10-20)27(2,23)24/h4-7,12H,3,8-11,13H2,1-2H3. The van der Waals surface area contributed by atoms with E-state index in [4.69, 9.17) is 0 Å². The molecule has 0 atom stereocenters. The monoisotopic (exact) mass is 425 g/mol. The van der Waals surface area contributed by atoms with Gasteiger partial charge in [0.25, 0.3) is 5.91 Å². The van der Waals surface area contributed by atoms with Crippen LogP contribution in [0, 0.1) is 6.92 Å². The number of sulfonamides is 1. The van der Waals surface area contributed by atoms with Gasteiger partial charge in [0.15, 0.2) is 0 Å². The van der Waals surface area contributed by atoms with Gasteiger partial charge in [0.1, 0.15) is 0 Å². The van der Waals surface area contributed by atoms with Crippen LogP contribution in [0.4, 0.5) is 0 Å². The largest absolute Gasteiger partial charge is 0.337 e. The third-order valence-electron chi connectivity index (χ3n) is 4.37. The van der Waals surface area contributed by atoms with Crippen LogP contribution in [0.3, 0.4) is 0 Å². The predicted octanol–water partition coefficient (Wildman–Crippen LogP) is 2.85. The summed E-state index contributed by atoms with van der Waals surface area (Å²) in [6, 6.07) is 7.60. The Morgan fingerprint density at radius 1 is 1.19 bits per heavy atom. The second-order valence-corrected chi connectivity index (χ2v) is 10.6. The molecule has 6 nitrogen and oxygen atoms in total. The Hall–Kier alpha value is -1.42. The van der Waals surface area contributed by atoms with Gasteiger partial charge in [-0.05, 0) is 37.6 Å². The van der Waals surface area contributed by atoms with Crippen LogP contribution in [0.25, 0.3) is 0 Å². The van der Waals surface area contributed by atoms with Crippen LogP contribution in [-0.4, -0.2) is 60.9 Å². The molecule has 1 amide bonds. The van der Waals surface area contributed by atoms with Crippen molar-refractivity contribution in [1.82, 2.24) is 14.2 Å². The third kappa shape index (κ3) is 5.54. The van der Waals surface area contributed by atoms with E-state index in [0.29, 0.717) is 38.2 Å². The van der Waals surface area contributed by atoms with E-state index < -0.39 is 10.0 Å². The average Bonchev–Trinajstić information content (AvgIpc) is 2.89. The van der Waals surface area contributed by atoms with E-state index in [1.54, 1.807) is 28.0 Å². The van der Waals surface area contributed by atoms with E-state index >= 15 is 0 Å². The van der Waals surface area contributed by atoms with Gasteiger partial charge in [0.05, 0.1) is 17.0 Å². The fourth-order valence-electron chi connectivity index (χ4n) is 2.94. The van der Waals surface area contributed by atoms with E-state index in [9.17, 15) is 13.2 Å². The summed E-state index contributed by atoms with van der Waals surface area (Å²) < 4.78 is 24.9. The number of hydrogen-bond donors (Lipinski definition) is 0. The molecule has 9 heteroatoms. The molecule has 27 heavy (non-hydrogen) atoms. The number of thioether (sulfide) groups is 1. The predicted molar refractivity (Wildman–Crippen MR) is 110 cm³/mol. The molecule has 0 N–H and O–H groups in total. The zero-order chi connectivity index (χ0) is 19.4. The molecular formula is C18H23N3O3S3. The van der Waals surface area contributed by atoms with Crippen molar-refractivity contribution in [2.45, 2.75) is 24.0 Å². The maximum absolute atomic E-state index is 12.7. The van der Waals surface area contributed by atoms with Crippen molar-refractivity contribution < 1.29 is 13.2 Å². The summed E-state index contributed by atoms with van der Waals surface area (Å²) in [5.41, 5.74) is 1.71. The Bertz CT molecular complexity index is 894. The van der Waals surface area contributed by atoms with Crippen LogP contribution in [0.1, 0.15) is 27.5 Å². The number of carbonyl (C=O) groups is 1. The fourth-order valence-corrected chi connectivity index (χ4v) is 5.32. The summed E-state index contributed by atoms with van der Waals surface area (Å²) in [6.45, 7) is 3.81. The number of hydrogen-bond acceptors (Lipinski definition) is 6. The van der Waals surface area contributed by atoms with Gasteiger partial charge in [-0.15, -0.1) is 23.1 Å². The maximum Gasteiger partial charge on any atom is 0.253 e. The van der Waals surface area contributed by atoms with Crippen LogP contribution in [0.5, 0.6) is 0 Å². The Balaban J connectivity index is 1.58. The molecule has 1 aromatic carbocycles. The van der Waals surface area contributed by atoms with E-state index in [1.807, 2.05) is 31.2 Å². The minimum absolute atomic E-state index is 0.0444. The molecule has 1 saturated heterocycles. The second kappa shape index (κ2) is 8.72. The lowest BCUT2D eigenvalue weighted by molar-refractivity contribution is 0.0764. The Morgan fingerprint density at radius 3 is 2.56 bits per heavy atom. The smallest absolute Gasteiger partial charge is 0.253 e. The Kier molecular flexibility index (Phi) is 6.56. The summed E-state index contributed by atoms with van der Waals surface area (Å²) in [5, 5.41) is 3.14. The molecule has 0 unspecified atom stereocenters. The second-order valence-electron chi connectivity index (χ2n) is 6.48. The lowest BCUT2D eigenvalue weighted by atomic mass is 10.2. The van der Waals surface area contributed by atoms with Gasteiger partial charge in [-0.3, -0.25) is 4.79 Å². The molecule has 0 bridgehead atoms. The van der Waals surface area contributed by atoms with Crippen LogP contribution >= 0.6 is 23.1 Å². The molecule has 0 spiro atoms. The number of amides is 1. The molecule has 1 aliphatic heterocycles. The highest BCUT2D eigenvalue weighted by Gasteiger charge is 2.24. The molecule has 1 aromatic heterocycles. The number of rotatable bonds is 5. The highest BCUT2D eigenvalue weighted by molar-refractivity contribution is 7.98. The third-order valence-corrected chi connectivity index (χ3v) is 7.54. The first kappa shape index (κ1) is 20.3. The van der Waals surface area contributed by atoms with Crippen molar-refractivity contribution in [3.05, 3.63) is 45.9 Å². The van der Waals surface area contributed by atoms with Gasteiger partial charge in [0.2, 0.25) is 10.0 Å². The van der Waals surface area contributed by atoms with Gasteiger partial charge in [-0.2, -0.15) is 0 Å². The molecule has 146 valence electrons. The zero-order valence-electron chi connectivity index (χ0n) is 15.4. The van der Waals surface area contributed by atoms with Crippen LogP contribution in [-0.2, 0) is 15.8 Å². The Morgan fingerprint density at radius 2 is 1.93 bits per heavy atom. The highest BCUT2D eigenvalue weighted by Crippen LogP contribution is 2.24. The molecule has 0 radical (unpaired) electrons. The molecule has 0 aliphatic carbocycles. The molecule has 0 saturated carbocycles. The van der Waals surface area contributed by atoms with Gasteiger partial charge in [0, 0.05) is 47.8 Å². The number of nitrogens with zero attached hydrogens (tertiary/aromatic N) is 3. The van der Waals surface area contributed by atoms with Gasteiger partial charge in [-0.25, -0.2) is 17.7 Å². The SMILES string of the molecule is Cc1nc(CSc2ccc(C(=O)N3CCCN(S(C)(=O)=O)CC3)cc2)cs1.